The van der Waals surface area contributed by atoms with Gasteiger partial charge in [0.1, 0.15) is 23.2 Å². The Morgan fingerprint density at radius 3 is 2.63 bits per heavy atom. The second kappa shape index (κ2) is 9.14. The number of fused-ring (bicyclic) bond motifs is 1. The average molecular weight is 412 g/mol. The third-order valence-electron chi connectivity index (χ3n) is 5.82. The molecule has 3 rings (SSSR count). The molecule has 0 fully saturated rings. The van der Waals surface area contributed by atoms with Crippen LogP contribution in [-0.4, -0.2) is 24.2 Å². The number of hydrogen-bond acceptors (Lipinski definition) is 4. The fourth-order valence-corrected chi connectivity index (χ4v) is 4.08. The molecule has 1 aliphatic rings. The minimum atomic E-state index is -0.896. The number of nitrogens with one attached hydrogen (secondary N) is 1. The van der Waals surface area contributed by atoms with Crippen molar-refractivity contribution in [3.05, 3.63) is 74.8 Å². The summed E-state index contributed by atoms with van der Waals surface area (Å²) in [5.74, 6) is -1.20. The molecule has 1 atom stereocenters. The largest absolute Gasteiger partial charge is 0.440 e. The molecule has 1 aliphatic heterocycles. The predicted molar refractivity (Wildman–Crippen MR) is 113 cm³/mol. The molecule has 7 heteroatoms. The van der Waals surface area contributed by atoms with Gasteiger partial charge in [0, 0.05) is 30.3 Å². The van der Waals surface area contributed by atoms with Crippen molar-refractivity contribution in [3.63, 3.8) is 0 Å². The van der Waals surface area contributed by atoms with Crippen LogP contribution in [0.2, 0.25) is 0 Å². The van der Waals surface area contributed by atoms with Crippen molar-refractivity contribution in [2.24, 2.45) is 5.73 Å². The summed E-state index contributed by atoms with van der Waals surface area (Å²) < 4.78 is 22.0. The molecule has 3 N–H and O–H groups in total. The van der Waals surface area contributed by atoms with Crippen LogP contribution in [-0.2, 0) is 6.54 Å². The number of pyridine rings is 1. The predicted octanol–water partition coefficient (Wildman–Crippen LogP) is 1.83. The molecule has 0 saturated carbocycles. The second-order valence-electron chi connectivity index (χ2n) is 7.53. The van der Waals surface area contributed by atoms with Gasteiger partial charge in [0.15, 0.2) is 0 Å². The highest BCUT2D eigenvalue weighted by Gasteiger charge is 2.35. The van der Waals surface area contributed by atoms with Gasteiger partial charge in [-0.3, -0.25) is 4.79 Å². The van der Waals surface area contributed by atoms with E-state index in [1.54, 1.807) is 28.8 Å². The molecule has 1 aromatic carbocycles. The Hall–Kier alpha value is -3.11. The van der Waals surface area contributed by atoms with Crippen LogP contribution in [0, 0.1) is 24.1 Å². The number of nitriles is 1. The van der Waals surface area contributed by atoms with E-state index < -0.39 is 11.7 Å². The number of quaternary nitrogens is 1. The van der Waals surface area contributed by atoms with Gasteiger partial charge in [-0.15, -0.1) is 0 Å². The molecule has 0 amide bonds. The average Bonchev–Trinajstić information content (AvgIpc) is 2.73. The van der Waals surface area contributed by atoms with Crippen LogP contribution >= 0.6 is 0 Å². The second-order valence-corrected chi connectivity index (χ2v) is 7.53. The number of aromatic nitrogens is 1. The van der Waals surface area contributed by atoms with E-state index in [-0.39, 0.29) is 33.9 Å². The molecule has 2 heterocycles. The molecule has 6 nitrogen and oxygen atoms in total. The first kappa shape index (κ1) is 21.6. The van der Waals surface area contributed by atoms with E-state index in [2.05, 4.69) is 13.8 Å². The van der Waals surface area contributed by atoms with E-state index in [9.17, 15) is 14.4 Å². The molecule has 0 unspecified atom stereocenters. The molecule has 0 spiro atoms. The Kier molecular flexibility index (Phi) is 6.58. The lowest BCUT2D eigenvalue weighted by Crippen LogP contribution is -3.11. The van der Waals surface area contributed by atoms with Crippen LogP contribution in [0.25, 0.3) is 0 Å². The first-order valence-corrected chi connectivity index (χ1v) is 10.3. The molecular formula is C23H28FN4O2+. The number of rotatable bonds is 7. The highest BCUT2D eigenvalue weighted by atomic mass is 19.1. The van der Waals surface area contributed by atoms with Crippen molar-refractivity contribution >= 4 is 0 Å². The number of nitrogens with two attached hydrogens (primary N) is 1. The molecule has 0 aliphatic carbocycles. The van der Waals surface area contributed by atoms with Crippen LogP contribution < -0.4 is 20.9 Å². The van der Waals surface area contributed by atoms with E-state index in [0.717, 1.165) is 31.7 Å². The van der Waals surface area contributed by atoms with Gasteiger partial charge in [-0.05, 0) is 26.8 Å². The minimum Gasteiger partial charge on any atom is -0.440 e. The van der Waals surface area contributed by atoms with Gasteiger partial charge in [0.2, 0.25) is 5.88 Å². The summed E-state index contributed by atoms with van der Waals surface area (Å²) in [6.07, 6.45) is 0.838. The molecule has 0 bridgehead atoms. The fraction of sp³-hybridized carbons (Fsp3) is 0.391. The quantitative estimate of drug-likeness (QED) is 0.728. The number of nitrogens with zero attached hydrogens (tertiary/aromatic N) is 2. The van der Waals surface area contributed by atoms with E-state index >= 15 is 0 Å². The Morgan fingerprint density at radius 1 is 1.30 bits per heavy atom. The van der Waals surface area contributed by atoms with E-state index in [1.807, 2.05) is 13.0 Å². The topological polar surface area (TPSA) is 85.5 Å². The van der Waals surface area contributed by atoms with E-state index in [4.69, 9.17) is 10.5 Å². The maximum atomic E-state index is 14.7. The number of ether oxygens (including phenoxy) is 1. The van der Waals surface area contributed by atoms with Crippen molar-refractivity contribution in [3.8, 4) is 11.8 Å². The molecule has 30 heavy (non-hydrogen) atoms. The summed E-state index contributed by atoms with van der Waals surface area (Å²) in [6, 6.07) is 9.90. The van der Waals surface area contributed by atoms with Gasteiger partial charge >= 0.3 is 0 Å². The SMILES string of the molecule is CC[NH+](CC)CCCn1c(C)cc2c(c1=O)[C@@H](c1ccccc1F)C(C#N)=C(N)O2. The smallest absolute Gasteiger partial charge is 0.258 e. The van der Waals surface area contributed by atoms with Crippen LogP contribution in [0.1, 0.15) is 43.0 Å². The highest BCUT2D eigenvalue weighted by molar-refractivity contribution is 5.55. The molecule has 2 aromatic rings. The molecule has 0 radical (unpaired) electrons. The lowest BCUT2D eigenvalue weighted by Gasteiger charge is -2.27. The van der Waals surface area contributed by atoms with Crippen LogP contribution in [0.3, 0.4) is 0 Å². The van der Waals surface area contributed by atoms with Gasteiger partial charge in [0.25, 0.3) is 5.56 Å². The van der Waals surface area contributed by atoms with Crippen molar-refractivity contribution in [1.82, 2.24) is 4.57 Å². The minimum absolute atomic E-state index is 0.0488. The van der Waals surface area contributed by atoms with Gasteiger partial charge < -0.3 is 19.9 Å². The van der Waals surface area contributed by atoms with Crippen LogP contribution in [0.15, 0.2) is 46.6 Å². The number of aryl methyl sites for hydroxylation is 1. The Morgan fingerprint density at radius 2 is 2.00 bits per heavy atom. The summed E-state index contributed by atoms with van der Waals surface area (Å²) in [4.78, 5) is 15.0. The zero-order chi connectivity index (χ0) is 21.8. The van der Waals surface area contributed by atoms with Gasteiger partial charge in [-0.25, -0.2) is 4.39 Å². The van der Waals surface area contributed by atoms with Crippen LogP contribution in [0.4, 0.5) is 4.39 Å². The van der Waals surface area contributed by atoms with Crippen LogP contribution in [0.5, 0.6) is 5.75 Å². The molecule has 1 aromatic heterocycles. The monoisotopic (exact) mass is 411 g/mol. The first-order chi connectivity index (χ1) is 14.4. The molecule has 158 valence electrons. The Bertz CT molecular complexity index is 1060. The summed E-state index contributed by atoms with van der Waals surface area (Å²) >= 11 is 0. The van der Waals surface area contributed by atoms with Gasteiger partial charge in [0.05, 0.1) is 31.1 Å². The zero-order valence-corrected chi connectivity index (χ0v) is 17.7. The van der Waals surface area contributed by atoms with Crippen molar-refractivity contribution in [1.29, 1.82) is 5.26 Å². The Balaban J connectivity index is 2.09. The highest BCUT2D eigenvalue weighted by Crippen LogP contribution is 2.41. The van der Waals surface area contributed by atoms with E-state index in [0.29, 0.717) is 6.54 Å². The van der Waals surface area contributed by atoms with Crippen molar-refractivity contribution in [2.45, 2.75) is 39.7 Å². The summed E-state index contributed by atoms with van der Waals surface area (Å²) in [5.41, 5.74) is 6.98. The van der Waals surface area contributed by atoms with Gasteiger partial charge in [-0.2, -0.15) is 5.26 Å². The van der Waals surface area contributed by atoms with Crippen molar-refractivity contribution in [2.75, 3.05) is 19.6 Å². The number of halogens is 1. The lowest BCUT2D eigenvalue weighted by molar-refractivity contribution is -0.896. The summed E-state index contributed by atoms with van der Waals surface area (Å²) in [6.45, 7) is 9.71. The fourth-order valence-electron chi connectivity index (χ4n) is 4.08. The molecule has 0 saturated heterocycles. The maximum Gasteiger partial charge on any atom is 0.258 e. The third kappa shape index (κ3) is 3.96. The summed E-state index contributed by atoms with van der Waals surface area (Å²) in [5, 5.41) is 9.68. The third-order valence-corrected chi connectivity index (χ3v) is 5.82. The zero-order valence-electron chi connectivity index (χ0n) is 17.7. The van der Waals surface area contributed by atoms with Crippen molar-refractivity contribution < 1.29 is 14.0 Å². The first-order valence-electron chi connectivity index (χ1n) is 10.3. The van der Waals surface area contributed by atoms with E-state index in [1.165, 1.54) is 11.0 Å². The van der Waals surface area contributed by atoms with Gasteiger partial charge in [-0.1, -0.05) is 18.2 Å². The maximum absolute atomic E-state index is 14.7. The lowest BCUT2D eigenvalue weighted by atomic mass is 9.83. The normalized spacial score (nSPS) is 15.7. The Labute approximate surface area is 176 Å². The number of benzene rings is 1. The molecular weight excluding hydrogens is 383 g/mol. The summed E-state index contributed by atoms with van der Waals surface area (Å²) in [7, 11) is 0. The number of allylic oxidation sites excluding steroid dienone is 1. The number of hydrogen-bond donors (Lipinski definition) is 2. The standard InChI is InChI=1S/C23H27FN4O2/c1-4-27(5-2)11-8-12-28-15(3)13-19-21(23(28)29)20(17(14-25)22(26)30-19)16-9-6-7-10-18(16)24/h6-7,9-10,13,20H,4-5,8,11-12,26H2,1-3H3/p+1/t20-/m0/s1.